The van der Waals surface area contributed by atoms with Gasteiger partial charge in [-0.3, -0.25) is 4.79 Å². The molecule has 1 saturated carbocycles. The van der Waals surface area contributed by atoms with Crippen LogP contribution in [0.2, 0.25) is 0 Å². The Hall–Kier alpha value is -1.10. The molecule has 1 amide bonds. The summed E-state index contributed by atoms with van der Waals surface area (Å²) in [7, 11) is 0. The fraction of sp³-hybridized carbons (Fsp3) is 0.846. The molecule has 5 heteroatoms. The Morgan fingerprint density at radius 3 is 2.44 bits per heavy atom. The lowest BCUT2D eigenvalue weighted by atomic mass is 9.81. The number of carbonyl (C=O) groups excluding carboxylic acids is 1. The molecule has 102 valence electrons. The molecule has 0 spiro atoms. The second-order valence-corrected chi connectivity index (χ2v) is 5.51. The smallest absolute Gasteiger partial charge is 0.329 e. The zero-order chi connectivity index (χ0) is 13.2. The van der Waals surface area contributed by atoms with Gasteiger partial charge in [-0.15, -0.1) is 0 Å². The highest BCUT2D eigenvalue weighted by molar-refractivity contribution is 5.88. The summed E-state index contributed by atoms with van der Waals surface area (Å²) < 4.78 is 5.36. The van der Waals surface area contributed by atoms with Gasteiger partial charge in [0, 0.05) is 0 Å². The topological polar surface area (TPSA) is 75.6 Å². The van der Waals surface area contributed by atoms with E-state index in [2.05, 4.69) is 5.32 Å². The van der Waals surface area contributed by atoms with Crippen LogP contribution in [-0.4, -0.2) is 35.2 Å². The summed E-state index contributed by atoms with van der Waals surface area (Å²) in [6.07, 6.45) is 4.63. The van der Waals surface area contributed by atoms with Crippen molar-refractivity contribution >= 4 is 11.9 Å². The maximum Gasteiger partial charge on any atom is 0.329 e. The maximum atomic E-state index is 12.1. The minimum Gasteiger partial charge on any atom is -0.480 e. The molecule has 0 bridgehead atoms. The van der Waals surface area contributed by atoms with Crippen LogP contribution in [0.4, 0.5) is 0 Å². The molecular weight excluding hydrogens is 234 g/mol. The van der Waals surface area contributed by atoms with E-state index in [9.17, 15) is 14.7 Å². The van der Waals surface area contributed by atoms with Gasteiger partial charge < -0.3 is 15.2 Å². The first-order valence-corrected chi connectivity index (χ1v) is 6.70. The highest BCUT2D eigenvalue weighted by Gasteiger charge is 2.42. The first-order valence-electron chi connectivity index (χ1n) is 6.70. The molecule has 0 aromatic rings. The van der Waals surface area contributed by atoms with Crippen LogP contribution in [0.3, 0.4) is 0 Å². The minimum absolute atomic E-state index is 0.0906. The number of carboxylic acid groups (broad SMARTS) is 1. The number of nitrogens with one attached hydrogen (secondary N) is 1. The maximum absolute atomic E-state index is 12.1. The lowest BCUT2D eigenvalue weighted by Crippen LogP contribution is -2.57. The molecule has 1 saturated heterocycles. The fourth-order valence-corrected chi connectivity index (χ4v) is 2.89. The Bertz CT molecular complexity index is 336. The summed E-state index contributed by atoms with van der Waals surface area (Å²) in [6, 6.07) is 0. The summed E-state index contributed by atoms with van der Waals surface area (Å²) in [5.41, 5.74) is -1.04. The zero-order valence-electron chi connectivity index (χ0n) is 10.8. The van der Waals surface area contributed by atoms with E-state index in [1.54, 1.807) is 0 Å². The molecule has 2 N–H and O–H groups in total. The highest BCUT2D eigenvalue weighted by atomic mass is 16.5. The summed E-state index contributed by atoms with van der Waals surface area (Å²) >= 11 is 0. The number of hydrogen-bond donors (Lipinski definition) is 2. The van der Waals surface area contributed by atoms with Gasteiger partial charge in [0.25, 0.3) is 0 Å². The number of carbonyl (C=O) groups is 2. The van der Waals surface area contributed by atoms with Gasteiger partial charge in [0.15, 0.2) is 0 Å². The highest BCUT2D eigenvalue weighted by Crippen LogP contribution is 2.29. The quantitative estimate of drug-likeness (QED) is 0.797. The molecule has 2 rings (SSSR count). The van der Waals surface area contributed by atoms with Crippen LogP contribution in [0, 0.1) is 5.92 Å². The largest absolute Gasteiger partial charge is 0.480 e. The molecule has 5 nitrogen and oxygen atoms in total. The second-order valence-electron chi connectivity index (χ2n) is 5.51. The Balaban J connectivity index is 2.00. The molecule has 1 aliphatic heterocycles. The van der Waals surface area contributed by atoms with E-state index in [-0.39, 0.29) is 17.9 Å². The molecular formula is C13H21NO4. The summed E-state index contributed by atoms with van der Waals surface area (Å²) in [6.45, 7) is 2.34. The van der Waals surface area contributed by atoms with Crippen molar-refractivity contribution < 1.29 is 19.4 Å². The average Bonchev–Trinajstić information content (AvgIpc) is 2.77. The molecule has 1 heterocycles. The van der Waals surface area contributed by atoms with Crippen LogP contribution in [-0.2, 0) is 14.3 Å². The Kier molecular flexibility index (Phi) is 3.90. The van der Waals surface area contributed by atoms with E-state index < -0.39 is 11.5 Å². The van der Waals surface area contributed by atoms with Gasteiger partial charge in [0.1, 0.15) is 5.54 Å². The number of carboxylic acids is 1. The van der Waals surface area contributed by atoms with E-state index in [0.717, 1.165) is 19.3 Å². The van der Waals surface area contributed by atoms with Crippen molar-refractivity contribution in [2.75, 3.05) is 6.61 Å². The number of amides is 1. The predicted octanol–water partition coefficient (Wildman–Crippen LogP) is 1.32. The molecule has 1 aliphatic carbocycles. The lowest BCUT2D eigenvalue weighted by Gasteiger charge is -2.34. The van der Waals surface area contributed by atoms with Crippen molar-refractivity contribution in [3.05, 3.63) is 0 Å². The molecule has 0 aromatic heterocycles. The minimum atomic E-state index is -1.04. The number of aliphatic carboxylic acids is 1. The van der Waals surface area contributed by atoms with E-state index >= 15 is 0 Å². The Morgan fingerprint density at radius 2 is 1.94 bits per heavy atom. The SMILES string of the molecule is CC1CC(C(=O)NC2(C(=O)O)CCCCC2)CO1. The van der Waals surface area contributed by atoms with Crippen molar-refractivity contribution in [1.82, 2.24) is 5.32 Å². The van der Waals surface area contributed by atoms with E-state index in [1.165, 1.54) is 0 Å². The third-order valence-electron chi connectivity index (χ3n) is 4.05. The Labute approximate surface area is 107 Å². The average molecular weight is 255 g/mol. The van der Waals surface area contributed by atoms with Crippen LogP contribution in [0.15, 0.2) is 0 Å². The van der Waals surface area contributed by atoms with E-state index in [4.69, 9.17) is 4.74 Å². The number of rotatable bonds is 3. The Morgan fingerprint density at radius 1 is 1.28 bits per heavy atom. The van der Waals surface area contributed by atoms with Gasteiger partial charge in [-0.25, -0.2) is 4.79 Å². The van der Waals surface area contributed by atoms with Crippen LogP contribution in [0.1, 0.15) is 45.4 Å². The molecule has 2 atom stereocenters. The van der Waals surface area contributed by atoms with Crippen molar-refractivity contribution in [2.45, 2.75) is 57.1 Å². The standard InChI is InChI=1S/C13H21NO4/c1-9-7-10(8-18-9)11(15)14-13(12(16)17)5-3-2-4-6-13/h9-10H,2-8H2,1H3,(H,14,15)(H,16,17). The first kappa shape index (κ1) is 13.3. The molecule has 0 radical (unpaired) electrons. The molecule has 0 aromatic carbocycles. The summed E-state index contributed by atoms with van der Waals surface area (Å²) in [5.74, 6) is -1.26. The van der Waals surface area contributed by atoms with Gasteiger partial charge in [-0.1, -0.05) is 19.3 Å². The van der Waals surface area contributed by atoms with E-state index in [0.29, 0.717) is 25.9 Å². The van der Waals surface area contributed by atoms with E-state index in [1.807, 2.05) is 6.92 Å². The van der Waals surface area contributed by atoms with Gasteiger partial charge in [-0.2, -0.15) is 0 Å². The van der Waals surface area contributed by atoms with Gasteiger partial charge in [0.2, 0.25) is 5.91 Å². The zero-order valence-corrected chi connectivity index (χ0v) is 10.8. The lowest BCUT2D eigenvalue weighted by molar-refractivity contribution is -0.150. The first-order chi connectivity index (χ1) is 8.53. The van der Waals surface area contributed by atoms with Crippen LogP contribution >= 0.6 is 0 Å². The third-order valence-corrected chi connectivity index (χ3v) is 4.05. The van der Waals surface area contributed by atoms with Crippen LogP contribution in [0.5, 0.6) is 0 Å². The van der Waals surface area contributed by atoms with Gasteiger partial charge in [0.05, 0.1) is 18.6 Å². The van der Waals surface area contributed by atoms with Crippen molar-refractivity contribution in [3.8, 4) is 0 Å². The predicted molar refractivity (Wildman–Crippen MR) is 65.1 cm³/mol. The van der Waals surface area contributed by atoms with Crippen LogP contribution < -0.4 is 5.32 Å². The third kappa shape index (κ3) is 2.66. The monoisotopic (exact) mass is 255 g/mol. The summed E-state index contributed by atoms with van der Waals surface area (Å²) in [4.78, 5) is 23.6. The van der Waals surface area contributed by atoms with Gasteiger partial charge >= 0.3 is 5.97 Å². The number of ether oxygens (including phenoxy) is 1. The van der Waals surface area contributed by atoms with Crippen molar-refractivity contribution in [1.29, 1.82) is 0 Å². The van der Waals surface area contributed by atoms with Crippen LogP contribution in [0.25, 0.3) is 0 Å². The van der Waals surface area contributed by atoms with Crippen molar-refractivity contribution in [3.63, 3.8) is 0 Å². The summed E-state index contributed by atoms with van der Waals surface area (Å²) in [5, 5.41) is 12.2. The van der Waals surface area contributed by atoms with Crippen molar-refractivity contribution in [2.24, 2.45) is 5.92 Å². The molecule has 18 heavy (non-hydrogen) atoms. The van der Waals surface area contributed by atoms with Gasteiger partial charge in [-0.05, 0) is 26.2 Å². The number of hydrogen-bond acceptors (Lipinski definition) is 3. The fourth-order valence-electron chi connectivity index (χ4n) is 2.89. The molecule has 2 unspecified atom stereocenters. The normalized spacial score (nSPS) is 30.9. The molecule has 2 aliphatic rings. The molecule has 2 fully saturated rings. The second kappa shape index (κ2) is 5.26.